The number of fused-ring (bicyclic) bond motifs is 1. The van der Waals surface area contributed by atoms with E-state index in [0.717, 1.165) is 29.9 Å². The molecule has 1 aromatic heterocycles. The molecular formula is C15H15F3N2O2. The fourth-order valence-electron chi connectivity index (χ4n) is 3.18. The van der Waals surface area contributed by atoms with E-state index in [9.17, 15) is 22.8 Å². The molecule has 1 aliphatic carbocycles. The van der Waals surface area contributed by atoms with E-state index in [1.54, 1.807) is 0 Å². The van der Waals surface area contributed by atoms with Gasteiger partial charge in [-0.15, -0.1) is 0 Å². The highest BCUT2D eigenvalue weighted by Crippen LogP contribution is 2.33. The molecule has 0 aliphatic heterocycles. The number of nitrogens with one attached hydrogen (secondary N) is 1. The van der Waals surface area contributed by atoms with Gasteiger partial charge in [0.1, 0.15) is 0 Å². The lowest BCUT2D eigenvalue weighted by Crippen LogP contribution is -2.39. The van der Waals surface area contributed by atoms with Crippen molar-refractivity contribution >= 4 is 10.9 Å². The molecule has 4 nitrogen and oxygen atoms in total. The Morgan fingerprint density at radius 1 is 1.09 bits per heavy atom. The summed E-state index contributed by atoms with van der Waals surface area (Å²) in [5.74, 6) is 0. The number of halogens is 3. The van der Waals surface area contributed by atoms with E-state index >= 15 is 0 Å². The molecule has 0 spiro atoms. The summed E-state index contributed by atoms with van der Waals surface area (Å²) in [7, 11) is 0. The van der Waals surface area contributed by atoms with E-state index in [-0.39, 0.29) is 11.6 Å². The quantitative estimate of drug-likeness (QED) is 0.879. The van der Waals surface area contributed by atoms with Gasteiger partial charge in [-0.05, 0) is 25.0 Å². The Morgan fingerprint density at radius 2 is 1.77 bits per heavy atom. The van der Waals surface area contributed by atoms with Crippen LogP contribution in [0.2, 0.25) is 0 Å². The number of alkyl halides is 3. The summed E-state index contributed by atoms with van der Waals surface area (Å²) in [4.78, 5) is 27.1. The second kappa shape index (κ2) is 5.30. The normalized spacial score (nSPS) is 17.0. The maximum absolute atomic E-state index is 13.1. The van der Waals surface area contributed by atoms with Gasteiger partial charge in [-0.2, -0.15) is 13.2 Å². The van der Waals surface area contributed by atoms with Gasteiger partial charge in [0.15, 0.2) is 0 Å². The molecule has 22 heavy (non-hydrogen) atoms. The molecule has 0 atom stereocenters. The Labute approximate surface area is 123 Å². The number of benzene rings is 1. The van der Waals surface area contributed by atoms with Gasteiger partial charge >= 0.3 is 11.9 Å². The predicted molar refractivity (Wildman–Crippen MR) is 76.0 cm³/mol. The molecule has 1 aromatic carbocycles. The van der Waals surface area contributed by atoms with Crippen LogP contribution >= 0.6 is 0 Å². The van der Waals surface area contributed by atoms with E-state index in [4.69, 9.17) is 0 Å². The molecule has 0 bridgehead atoms. The topological polar surface area (TPSA) is 54.9 Å². The third-order valence-corrected chi connectivity index (χ3v) is 4.20. The molecular weight excluding hydrogens is 297 g/mol. The highest BCUT2D eigenvalue weighted by Gasteiger charge is 2.34. The molecule has 0 saturated heterocycles. The molecule has 1 saturated carbocycles. The second-order valence-electron chi connectivity index (χ2n) is 5.62. The number of hydrogen-bond acceptors (Lipinski definition) is 2. The number of aromatic amines is 1. The van der Waals surface area contributed by atoms with E-state index in [1.165, 1.54) is 12.1 Å². The van der Waals surface area contributed by atoms with Crippen molar-refractivity contribution in [2.45, 2.75) is 44.3 Å². The largest absolute Gasteiger partial charge is 0.417 e. The Kier molecular flexibility index (Phi) is 3.58. The zero-order valence-electron chi connectivity index (χ0n) is 11.7. The fourth-order valence-corrected chi connectivity index (χ4v) is 3.18. The van der Waals surface area contributed by atoms with Crippen molar-refractivity contribution in [3.8, 4) is 0 Å². The minimum absolute atomic E-state index is 0.0723. The predicted octanol–water partition coefficient (Wildman–Crippen LogP) is 3.21. The van der Waals surface area contributed by atoms with Gasteiger partial charge < -0.3 is 4.98 Å². The molecule has 1 aliphatic rings. The van der Waals surface area contributed by atoms with Crippen LogP contribution in [0.5, 0.6) is 0 Å². The summed E-state index contributed by atoms with van der Waals surface area (Å²) in [6.45, 7) is 0. The first kappa shape index (κ1) is 14.9. The van der Waals surface area contributed by atoms with Crippen LogP contribution in [0.25, 0.3) is 10.9 Å². The maximum Gasteiger partial charge on any atom is 0.417 e. The minimum atomic E-state index is -4.64. The molecule has 2 aromatic rings. The first-order valence-electron chi connectivity index (χ1n) is 7.24. The lowest BCUT2D eigenvalue weighted by Gasteiger charge is -2.23. The number of hydrogen-bond donors (Lipinski definition) is 1. The number of H-pyrrole nitrogens is 1. The van der Waals surface area contributed by atoms with Gasteiger partial charge in [0.2, 0.25) is 0 Å². The fraction of sp³-hybridized carbons (Fsp3) is 0.467. The van der Waals surface area contributed by atoms with E-state index in [0.29, 0.717) is 12.8 Å². The highest BCUT2D eigenvalue weighted by atomic mass is 19.4. The van der Waals surface area contributed by atoms with E-state index in [1.807, 2.05) is 0 Å². The van der Waals surface area contributed by atoms with E-state index in [2.05, 4.69) is 4.98 Å². The highest BCUT2D eigenvalue weighted by molar-refractivity contribution is 5.81. The van der Waals surface area contributed by atoms with Gasteiger partial charge in [-0.1, -0.05) is 25.3 Å². The molecule has 3 rings (SSSR count). The average molecular weight is 312 g/mol. The lowest BCUT2D eigenvalue weighted by atomic mass is 9.95. The van der Waals surface area contributed by atoms with Crippen molar-refractivity contribution in [1.29, 1.82) is 0 Å². The van der Waals surface area contributed by atoms with Gasteiger partial charge in [0.05, 0.1) is 16.5 Å². The van der Waals surface area contributed by atoms with Crippen LogP contribution in [0, 0.1) is 0 Å². The molecule has 1 fully saturated rings. The summed E-state index contributed by atoms with van der Waals surface area (Å²) < 4.78 is 40.4. The average Bonchev–Trinajstić information content (AvgIpc) is 2.46. The van der Waals surface area contributed by atoms with E-state index < -0.39 is 28.4 Å². The minimum Gasteiger partial charge on any atom is -0.307 e. The summed E-state index contributed by atoms with van der Waals surface area (Å²) in [5, 5.41) is -0.458. The maximum atomic E-state index is 13.1. The van der Waals surface area contributed by atoms with Crippen molar-refractivity contribution in [2.75, 3.05) is 0 Å². The Hall–Kier alpha value is -2.05. The van der Waals surface area contributed by atoms with Crippen molar-refractivity contribution < 1.29 is 13.2 Å². The van der Waals surface area contributed by atoms with Crippen LogP contribution in [-0.2, 0) is 6.18 Å². The van der Waals surface area contributed by atoms with Gasteiger partial charge in [0.25, 0.3) is 5.56 Å². The van der Waals surface area contributed by atoms with Crippen molar-refractivity contribution in [3.05, 3.63) is 44.6 Å². The number of nitrogens with zero attached hydrogens (tertiary/aromatic N) is 1. The molecule has 118 valence electrons. The smallest absolute Gasteiger partial charge is 0.307 e. The third kappa shape index (κ3) is 2.44. The molecule has 0 amide bonds. The SMILES string of the molecule is O=c1[nH]c2cccc(C(F)(F)F)c2c(=O)n1C1CCCCC1. The van der Waals surface area contributed by atoms with Crippen molar-refractivity contribution in [3.63, 3.8) is 0 Å². The first-order valence-corrected chi connectivity index (χ1v) is 7.24. The first-order chi connectivity index (χ1) is 10.4. The zero-order valence-corrected chi connectivity index (χ0v) is 11.7. The summed E-state index contributed by atoms with van der Waals surface area (Å²) in [6.07, 6.45) is -0.595. The van der Waals surface area contributed by atoms with Crippen LogP contribution in [-0.4, -0.2) is 9.55 Å². The zero-order chi connectivity index (χ0) is 15.9. The van der Waals surface area contributed by atoms with Crippen LogP contribution in [0.1, 0.15) is 43.7 Å². The third-order valence-electron chi connectivity index (χ3n) is 4.20. The molecule has 0 unspecified atom stereocenters. The Morgan fingerprint density at radius 3 is 2.41 bits per heavy atom. The summed E-state index contributed by atoms with van der Waals surface area (Å²) in [5.41, 5.74) is -2.56. The summed E-state index contributed by atoms with van der Waals surface area (Å²) in [6, 6.07) is 3.05. The Bertz CT molecular complexity index is 814. The molecule has 1 N–H and O–H groups in total. The van der Waals surface area contributed by atoms with Crippen molar-refractivity contribution in [2.24, 2.45) is 0 Å². The summed E-state index contributed by atoms with van der Waals surface area (Å²) >= 11 is 0. The standard InChI is InChI=1S/C15H15F3N2O2/c16-15(17,18)10-7-4-8-11-12(10)13(21)20(14(22)19-11)9-5-2-1-3-6-9/h4,7-9H,1-3,5-6H2,(H,19,22). The van der Waals surface area contributed by atoms with Gasteiger partial charge in [-0.3, -0.25) is 9.36 Å². The lowest BCUT2D eigenvalue weighted by molar-refractivity contribution is -0.136. The molecule has 7 heteroatoms. The second-order valence-corrected chi connectivity index (χ2v) is 5.62. The van der Waals surface area contributed by atoms with Gasteiger partial charge in [0, 0.05) is 6.04 Å². The Balaban J connectivity index is 2.31. The van der Waals surface area contributed by atoms with Crippen molar-refractivity contribution in [1.82, 2.24) is 9.55 Å². The van der Waals surface area contributed by atoms with Gasteiger partial charge in [-0.25, -0.2) is 4.79 Å². The van der Waals surface area contributed by atoms with Crippen LogP contribution in [0.3, 0.4) is 0 Å². The number of rotatable bonds is 1. The van der Waals surface area contributed by atoms with Crippen LogP contribution in [0.15, 0.2) is 27.8 Å². The van der Waals surface area contributed by atoms with Crippen LogP contribution in [0.4, 0.5) is 13.2 Å². The molecule has 1 heterocycles. The van der Waals surface area contributed by atoms with Crippen LogP contribution < -0.4 is 11.2 Å². The monoisotopic (exact) mass is 312 g/mol. The molecule has 0 radical (unpaired) electrons. The number of aromatic nitrogens is 2.